The van der Waals surface area contributed by atoms with E-state index in [0.29, 0.717) is 0 Å². The van der Waals surface area contributed by atoms with Crippen LogP contribution in [0.3, 0.4) is 0 Å². The molecule has 0 amide bonds. The second-order valence-corrected chi connectivity index (χ2v) is 10.0. The van der Waals surface area contributed by atoms with Gasteiger partial charge < -0.3 is 74.4 Å². The number of ether oxygens (including phenoxy) is 4. The van der Waals surface area contributed by atoms with Crippen LogP contribution in [0.25, 0.3) is 22.3 Å². The van der Waals surface area contributed by atoms with Gasteiger partial charge in [-0.05, 0) is 25.1 Å². The zero-order valence-electron chi connectivity index (χ0n) is 25.1. The van der Waals surface area contributed by atoms with E-state index >= 15 is 0 Å². The van der Waals surface area contributed by atoms with E-state index in [-0.39, 0.29) is 0 Å². The van der Waals surface area contributed by atoms with Crippen LogP contribution in [0.4, 0.5) is 0 Å². The number of hydrogen-bond donors (Lipinski definition) is 10. The molecule has 0 radical (unpaired) electrons. The van der Waals surface area contributed by atoms with Crippen molar-refractivity contribution in [2.45, 2.75) is 68.3 Å². The Balaban J connectivity index is 1.55. The van der Waals surface area contributed by atoms with E-state index in [0.717, 1.165) is 12.1 Å². The highest BCUT2D eigenvalue weighted by Crippen LogP contribution is 2.39. The van der Waals surface area contributed by atoms with Gasteiger partial charge in [0.2, 0.25) is 17.5 Å². The van der Waals surface area contributed by atoms with Crippen LogP contribution in [0, 0.1) is 0 Å². The lowest BCUT2D eigenvalue weighted by atomic mass is 9.98. The third kappa shape index (κ3) is 5.67. The Kier molecular flexibility index (Phi) is 7.35. The summed E-state index contributed by atoms with van der Waals surface area (Å²) >= 11 is 0. The molecule has 234 valence electrons. The molecule has 2 aliphatic rings. The molecule has 1 aromatic heterocycles. The molecule has 10 unspecified atom stereocenters. The van der Waals surface area contributed by atoms with Crippen LogP contribution in [-0.4, -0.2) is 119 Å². The predicted molar refractivity (Wildman–Crippen MR) is 140 cm³/mol. The van der Waals surface area contributed by atoms with Crippen LogP contribution in [0.2, 0.25) is 0 Å². The zero-order valence-corrected chi connectivity index (χ0v) is 22.1. The van der Waals surface area contributed by atoms with Crippen LogP contribution in [0.5, 0.6) is 28.7 Å². The minimum Gasteiger partial charge on any atom is -0.508 e. The maximum Gasteiger partial charge on any atom is 0.239 e. The SMILES string of the molecule is [2H]c1c([2H])c(-c2oc3cc(O)cc(O)c3c(=O)c2OC2OC(COC3OC(C)C(O)C(O)C3O)C(O)C(O)C2O)c([2H])c(O)c1O. The Morgan fingerprint density at radius 3 is 2.21 bits per heavy atom. The molecule has 2 aliphatic heterocycles. The third-order valence-corrected chi connectivity index (χ3v) is 7.05. The van der Waals surface area contributed by atoms with Gasteiger partial charge in [-0.3, -0.25) is 4.79 Å². The van der Waals surface area contributed by atoms with Gasteiger partial charge >= 0.3 is 0 Å². The lowest BCUT2D eigenvalue weighted by Crippen LogP contribution is -2.61. The second kappa shape index (κ2) is 11.8. The van der Waals surface area contributed by atoms with Gasteiger partial charge in [0.05, 0.1) is 16.8 Å². The molecular weight excluding hydrogens is 580 g/mol. The minimum absolute atomic E-state index is 0.512. The van der Waals surface area contributed by atoms with E-state index in [9.17, 15) is 55.9 Å². The summed E-state index contributed by atoms with van der Waals surface area (Å²) in [7, 11) is 0. The molecule has 2 aromatic carbocycles. The fourth-order valence-electron chi connectivity index (χ4n) is 4.65. The number of hydrogen-bond acceptors (Lipinski definition) is 16. The number of rotatable bonds is 6. The van der Waals surface area contributed by atoms with Crippen LogP contribution in [0.15, 0.2) is 39.5 Å². The minimum atomic E-state index is -2.11. The smallest absolute Gasteiger partial charge is 0.239 e. The summed E-state index contributed by atoms with van der Waals surface area (Å²) in [5.41, 5.74) is -2.53. The van der Waals surface area contributed by atoms with Crippen LogP contribution < -0.4 is 10.2 Å². The number of benzene rings is 2. The molecule has 10 atom stereocenters. The third-order valence-electron chi connectivity index (χ3n) is 7.05. The Morgan fingerprint density at radius 2 is 1.49 bits per heavy atom. The zero-order chi connectivity index (χ0) is 33.9. The monoisotopic (exact) mass is 613 g/mol. The van der Waals surface area contributed by atoms with Gasteiger partial charge in [-0.25, -0.2) is 0 Å². The molecule has 2 saturated heterocycles. The molecule has 0 saturated carbocycles. The van der Waals surface area contributed by atoms with Gasteiger partial charge in [0.1, 0.15) is 65.2 Å². The lowest BCUT2D eigenvalue weighted by Gasteiger charge is -2.42. The number of aliphatic hydroxyl groups is 6. The van der Waals surface area contributed by atoms with E-state index in [4.69, 9.17) is 27.5 Å². The molecule has 0 spiro atoms. The second-order valence-electron chi connectivity index (χ2n) is 10.0. The van der Waals surface area contributed by atoms with Crippen molar-refractivity contribution < 1.29 is 78.5 Å². The number of aromatic hydroxyl groups is 4. The van der Waals surface area contributed by atoms with Crippen LogP contribution >= 0.6 is 0 Å². The molecule has 16 heteroatoms. The topological polar surface area (TPSA) is 269 Å². The van der Waals surface area contributed by atoms with Gasteiger partial charge in [-0.2, -0.15) is 0 Å². The summed E-state index contributed by atoms with van der Waals surface area (Å²) < 4.78 is 52.0. The molecule has 2 fully saturated rings. The first-order valence-corrected chi connectivity index (χ1v) is 12.8. The summed E-state index contributed by atoms with van der Waals surface area (Å²) in [6.45, 7) is 0.698. The number of phenols is 4. The fourth-order valence-corrected chi connectivity index (χ4v) is 4.65. The van der Waals surface area contributed by atoms with E-state index in [1.807, 2.05) is 0 Å². The molecule has 3 heterocycles. The van der Waals surface area contributed by atoms with Crippen molar-refractivity contribution in [3.63, 3.8) is 0 Å². The lowest BCUT2D eigenvalue weighted by molar-refractivity contribution is -0.318. The average molecular weight is 614 g/mol. The van der Waals surface area contributed by atoms with E-state index in [1.54, 1.807) is 0 Å². The van der Waals surface area contributed by atoms with Crippen molar-refractivity contribution in [2.24, 2.45) is 0 Å². The Bertz CT molecular complexity index is 1670. The molecule has 3 aromatic rings. The van der Waals surface area contributed by atoms with Gasteiger partial charge in [0.25, 0.3) is 0 Å². The summed E-state index contributed by atoms with van der Waals surface area (Å²) in [4.78, 5) is 13.7. The molecule has 16 nitrogen and oxygen atoms in total. The average Bonchev–Trinajstić information content (AvgIpc) is 3.00. The number of fused-ring (bicyclic) bond motifs is 1. The van der Waals surface area contributed by atoms with Crippen LogP contribution in [-0.2, 0) is 14.2 Å². The summed E-state index contributed by atoms with van der Waals surface area (Å²) in [5, 5.41) is 102. The molecule has 0 aliphatic carbocycles. The molecular formula is C27H30O16. The summed E-state index contributed by atoms with van der Waals surface area (Å²) in [5.74, 6) is -5.54. The highest BCUT2D eigenvalue weighted by molar-refractivity contribution is 5.88. The number of phenolic OH excluding ortho intramolecular Hbond substituents is 4. The quantitative estimate of drug-likeness (QED) is 0.139. The molecule has 0 bridgehead atoms. The first-order chi connectivity index (χ1) is 21.5. The van der Waals surface area contributed by atoms with Gasteiger partial charge in [0.15, 0.2) is 23.5 Å². The first-order valence-electron chi connectivity index (χ1n) is 14.3. The van der Waals surface area contributed by atoms with Crippen molar-refractivity contribution in [3.05, 3.63) is 40.5 Å². The number of aliphatic hydroxyl groups excluding tert-OH is 6. The highest BCUT2D eigenvalue weighted by Gasteiger charge is 2.47. The standard InChI is InChI=1S/C27H30O16/c1-8-17(32)20(35)22(37)26(40-8)39-7-15-18(33)21(36)23(38)27(42-15)43-25-19(34)16-13(31)5-10(28)6-14(16)41-24(25)9-2-3-11(29)12(30)4-9/h2-6,8,15,17-18,20-23,26-33,35-38H,7H2,1H3/i2D,3D,4D. The van der Waals surface area contributed by atoms with Gasteiger partial charge in [-0.1, -0.05) is 0 Å². The largest absolute Gasteiger partial charge is 0.508 e. The molecule has 5 rings (SSSR count). The summed E-state index contributed by atoms with van der Waals surface area (Å²) in [6.07, 6.45) is -17.0. The fraction of sp³-hybridized carbons (Fsp3) is 0.444. The Hall–Kier alpha value is -3.71. The first kappa shape index (κ1) is 26.9. The maximum absolute atomic E-state index is 13.7. The van der Waals surface area contributed by atoms with Gasteiger partial charge in [-0.15, -0.1) is 0 Å². The van der Waals surface area contributed by atoms with Crippen molar-refractivity contribution in [3.8, 4) is 40.1 Å². The molecule has 10 N–H and O–H groups in total. The maximum atomic E-state index is 13.7. The van der Waals surface area contributed by atoms with E-state index in [1.165, 1.54) is 6.92 Å². The highest BCUT2D eigenvalue weighted by atomic mass is 16.7. The van der Waals surface area contributed by atoms with Crippen molar-refractivity contribution in [1.82, 2.24) is 0 Å². The predicted octanol–water partition coefficient (Wildman–Crippen LogP) is -1.69. The van der Waals surface area contributed by atoms with E-state index in [2.05, 4.69) is 0 Å². The summed E-state index contributed by atoms with van der Waals surface area (Å²) in [6, 6.07) is -1.26. The Labute approximate surface area is 245 Å². The normalized spacial score (nSPS) is 34.0. The van der Waals surface area contributed by atoms with Crippen molar-refractivity contribution in [1.29, 1.82) is 0 Å². The van der Waals surface area contributed by atoms with Crippen molar-refractivity contribution in [2.75, 3.05) is 6.61 Å². The van der Waals surface area contributed by atoms with Gasteiger partial charge in [0, 0.05) is 17.7 Å². The Morgan fingerprint density at radius 1 is 0.814 bits per heavy atom. The van der Waals surface area contributed by atoms with Crippen LogP contribution in [0.1, 0.15) is 11.0 Å². The van der Waals surface area contributed by atoms with E-state index < -0.39 is 143 Å². The molecule has 43 heavy (non-hydrogen) atoms. The van der Waals surface area contributed by atoms with Crippen molar-refractivity contribution >= 4 is 11.0 Å².